The molecule has 1 amide bonds. The van der Waals surface area contributed by atoms with E-state index in [1.165, 1.54) is 70.6 Å². The second-order valence-corrected chi connectivity index (χ2v) is 9.94. The number of amides is 1. The minimum atomic E-state index is -0.709. The molecule has 1 aliphatic heterocycles. The minimum Gasteiger partial charge on any atom is -0.386 e. The number of nitrogens with one attached hydrogen (secondary N) is 1. The van der Waals surface area contributed by atoms with Crippen LogP contribution in [0.15, 0.2) is 30.3 Å². The van der Waals surface area contributed by atoms with Gasteiger partial charge in [-0.1, -0.05) is 114 Å². The number of ether oxygens (including phenoxy) is 1. The number of carbonyl (C=O) groups excluding carboxylic acids is 1. The molecule has 5 heteroatoms. The first-order valence-corrected chi connectivity index (χ1v) is 14.0. The lowest BCUT2D eigenvalue weighted by atomic mass is 10.0. The maximum absolute atomic E-state index is 12.7. The van der Waals surface area contributed by atoms with Gasteiger partial charge < -0.3 is 15.2 Å². The van der Waals surface area contributed by atoms with E-state index in [1.54, 1.807) is 0 Å². The highest BCUT2D eigenvalue weighted by molar-refractivity contribution is 5.76. The second kappa shape index (κ2) is 18.8. The Bertz CT molecular complexity index is 619. The van der Waals surface area contributed by atoms with Crippen LogP contribution in [0, 0.1) is 0 Å². The summed E-state index contributed by atoms with van der Waals surface area (Å²) in [4.78, 5) is 14.9. The Hall–Kier alpha value is -1.43. The lowest BCUT2D eigenvalue weighted by Gasteiger charge is -2.33. The minimum absolute atomic E-state index is 0.0521. The zero-order valence-corrected chi connectivity index (χ0v) is 21.7. The Morgan fingerprint density at radius 3 is 1.97 bits per heavy atom. The molecule has 0 radical (unpaired) electrons. The molecule has 0 spiro atoms. The molecule has 0 aromatic heterocycles. The third-order valence-corrected chi connectivity index (χ3v) is 6.93. The van der Waals surface area contributed by atoms with E-state index in [4.69, 9.17) is 4.74 Å². The van der Waals surface area contributed by atoms with Gasteiger partial charge in [-0.15, -0.1) is 0 Å². The summed E-state index contributed by atoms with van der Waals surface area (Å²) in [6, 6.07) is 9.35. The predicted octanol–water partition coefficient (Wildman–Crippen LogP) is 6.02. The Kier molecular flexibility index (Phi) is 16.0. The van der Waals surface area contributed by atoms with Gasteiger partial charge in [-0.05, 0) is 12.0 Å². The summed E-state index contributed by atoms with van der Waals surface area (Å²) in [5, 5.41) is 14.1. The van der Waals surface area contributed by atoms with E-state index in [1.807, 2.05) is 30.3 Å². The number of morpholine rings is 1. The monoisotopic (exact) mass is 474 g/mol. The maximum Gasteiger partial charge on any atom is 0.220 e. The van der Waals surface area contributed by atoms with Crippen LogP contribution in [0.3, 0.4) is 0 Å². The summed E-state index contributed by atoms with van der Waals surface area (Å²) in [7, 11) is 0. The van der Waals surface area contributed by atoms with Crippen molar-refractivity contribution >= 4 is 5.91 Å². The van der Waals surface area contributed by atoms with Gasteiger partial charge in [-0.2, -0.15) is 0 Å². The van der Waals surface area contributed by atoms with Crippen molar-refractivity contribution in [2.75, 3.05) is 32.8 Å². The Labute approximate surface area is 208 Å². The van der Waals surface area contributed by atoms with E-state index in [9.17, 15) is 9.90 Å². The first-order valence-electron chi connectivity index (χ1n) is 14.0. The van der Waals surface area contributed by atoms with Crippen LogP contribution in [-0.4, -0.2) is 54.8 Å². The van der Waals surface area contributed by atoms with E-state index < -0.39 is 6.10 Å². The maximum atomic E-state index is 12.7. The van der Waals surface area contributed by atoms with E-state index in [2.05, 4.69) is 17.1 Å². The molecule has 34 heavy (non-hydrogen) atoms. The summed E-state index contributed by atoms with van der Waals surface area (Å²) < 4.78 is 5.45. The number of aliphatic hydroxyl groups is 1. The summed E-state index contributed by atoms with van der Waals surface area (Å²) in [5.74, 6) is 0.0521. The van der Waals surface area contributed by atoms with Crippen LogP contribution in [-0.2, 0) is 9.53 Å². The summed E-state index contributed by atoms with van der Waals surface area (Å²) >= 11 is 0. The fraction of sp³-hybridized carbons (Fsp3) is 0.759. The Morgan fingerprint density at radius 1 is 0.882 bits per heavy atom. The highest BCUT2D eigenvalue weighted by Crippen LogP contribution is 2.19. The highest BCUT2D eigenvalue weighted by atomic mass is 16.5. The van der Waals surface area contributed by atoms with Gasteiger partial charge in [0.1, 0.15) is 6.10 Å². The number of hydrogen-bond donors (Lipinski definition) is 2. The number of aliphatic hydroxyl groups excluding tert-OH is 1. The molecule has 1 aliphatic rings. The second-order valence-electron chi connectivity index (χ2n) is 9.94. The van der Waals surface area contributed by atoms with Gasteiger partial charge in [0.05, 0.1) is 19.3 Å². The quantitative estimate of drug-likeness (QED) is 0.241. The molecule has 1 aromatic carbocycles. The van der Waals surface area contributed by atoms with Crippen LogP contribution < -0.4 is 5.32 Å². The van der Waals surface area contributed by atoms with Gasteiger partial charge in [0.25, 0.3) is 0 Å². The number of unbranched alkanes of at least 4 members (excludes halogenated alkanes) is 12. The van der Waals surface area contributed by atoms with E-state index >= 15 is 0 Å². The number of rotatable bonds is 19. The highest BCUT2D eigenvalue weighted by Gasteiger charge is 2.26. The average Bonchev–Trinajstić information content (AvgIpc) is 2.87. The Morgan fingerprint density at radius 2 is 1.41 bits per heavy atom. The molecular formula is C29H50N2O3. The fourth-order valence-electron chi connectivity index (χ4n) is 4.75. The largest absolute Gasteiger partial charge is 0.386 e. The van der Waals surface area contributed by atoms with Crippen molar-refractivity contribution in [3.8, 4) is 0 Å². The van der Waals surface area contributed by atoms with E-state index in [-0.39, 0.29) is 11.9 Å². The molecule has 2 rings (SSSR count). The van der Waals surface area contributed by atoms with Gasteiger partial charge in [-0.3, -0.25) is 9.69 Å². The molecule has 1 heterocycles. The molecule has 0 aliphatic carbocycles. The van der Waals surface area contributed by atoms with Crippen LogP contribution in [0.1, 0.15) is 108 Å². The van der Waals surface area contributed by atoms with Gasteiger partial charge >= 0.3 is 0 Å². The SMILES string of the molecule is CCCCCCCCCCCCCCCC(=O)N[C@H](CN1CCOCC1)[C@H](O)c1ccccc1. The topological polar surface area (TPSA) is 61.8 Å². The molecule has 0 bridgehead atoms. The number of nitrogens with zero attached hydrogens (tertiary/aromatic N) is 1. The van der Waals surface area contributed by atoms with Crippen molar-refractivity contribution in [3.05, 3.63) is 35.9 Å². The van der Waals surface area contributed by atoms with Gasteiger partial charge in [-0.25, -0.2) is 0 Å². The van der Waals surface area contributed by atoms with E-state index in [0.717, 1.165) is 31.5 Å². The van der Waals surface area contributed by atoms with Crippen LogP contribution in [0.25, 0.3) is 0 Å². The first kappa shape index (κ1) is 28.8. The molecule has 2 N–H and O–H groups in total. The van der Waals surface area contributed by atoms with Crippen molar-refractivity contribution in [2.45, 2.75) is 109 Å². The number of carbonyl (C=O) groups is 1. The smallest absolute Gasteiger partial charge is 0.220 e. The number of benzene rings is 1. The summed E-state index contributed by atoms with van der Waals surface area (Å²) in [6.07, 6.45) is 16.8. The number of hydrogen-bond acceptors (Lipinski definition) is 4. The molecule has 0 unspecified atom stereocenters. The molecule has 5 nitrogen and oxygen atoms in total. The fourth-order valence-corrected chi connectivity index (χ4v) is 4.75. The zero-order valence-electron chi connectivity index (χ0n) is 21.7. The predicted molar refractivity (Wildman–Crippen MR) is 141 cm³/mol. The van der Waals surface area contributed by atoms with Crippen LogP contribution >= 0.6 is 0 Å². The van der Waals surface area contributed by atoms with Crippen LogP contribution in [0.5, 0.6) is 0 Å². The lowest BCUT2D eigenvalue weighted by molar-refractivity contribution is -0.123. The molecule has 194 valence electrons. The standard InChI is InChI=1S/C29H50N2O3/c1-2-3-4-5-6-7-8-9-10-11-12-13-17-20-28(32)30-27(25-31-21-23-34-24-22-31)29(33)26-18-15-14-16-19-26/h14-16,18-19,27,29,33H,2-13,17,20-25H2,1H3,(H,30,32)/t27-,29-/m1/s1. The summed E-state index contributed by atoms with van der Waals surface area (Å²) in [6.45, 7) is 6.01. The van der Waals surface area contributed by atoms with Crippen LogP contribution in [0.4, 0.5) is 0 Å². The van der Waals surface area contributed by atoms with Crippen molar-refractivity contribution in [1.29, 1.82) is 0 Å². The Balaban J connectivity index is 1.59. The van der Waals surface area contributed by atoms with Crippen molar-refractivity contribution in [1.82, 2.24) is 10.2 Å². The third-order valence-electron chi connectivity index (χ3n) is 6.93. The average molecular weight is 475 g/mol. The molecule has 1 saturated heterocycles. The molecule has 2 atom stereocenters. The van der Waals surface area contributed by atoms with Gasteiger partial charge in [0.2, 0.25) is 5.91 Å². The molecule has 1 fully saturated rings. The lowest BCUT2D eigenvalue weighted by Crippen LogP contribution is -2.49. The van der Waals surface area contributed by atoms with Crippen molar-refractivity contribution < 1.29 is 14.6 Å². The summed E-state index contributed by atoms with van der Waals surface area (Å²) in [5.41, 5.74) is 0.849. The zero-order chi connectivity index (χ0) is 24.3. The molecule has 1 aromatic rings. The van der Waals surface area contributed by atoms with Crippen molar-refractivity contribution in [2.24, 2.45) is 0 Å². The van der Waals surface area contributed by atoms with Crippen molar-refractivity contribution in [3.63, 3.8) is 0 Å². The first-order chi connectivity index (χ1) is 16.7. The van der Waals surface area contributed by atoms with Gasteiger partial charge in [0, 0.05) is 26.1 Å². The third kappa shape index (κ3) is 12.9. The molecular weight excluding hydrogens is 424 g/mol. The van der Waals surface area contributed by atoms with Crippen LogP contribution in [0.2, 0.25) is 0 Å². The molecule has 0 saturated carbocycles. The van der Waals surface area contributed by atoms with E-state index in [0.29, 0.717) is 26.2 Å². The van der Waals surface area contributed by atoms with Gasteiger partial charge in [0.15, 0.2) is 0 Å². The normalized spacial score (nSPS) is 16.3.